The van der Waals surface area contributed by atoms with Crippen molar-refractivity contribution >= 4 is 39.9 Å². The molecule has 1 saturated heterocycles. The summed E-state index contributed by atoms with van der Waals surface area (Å²) in [6.45, 7) is 8.30. The van der Waals surface area contributed by atoms with Gasteiger partial charge in [0.05, 0.1) is 17.3 Å². The molecule has 0 radical (unpaired) electrons. The summed E-state index contributed by atoms with van der Waals surface area (Å²) in [4.78, 5) is 31.3. The number of esters is 1. The minimum atomic E-state index is -0.210. The summed E-state index contributed by atoms with van der Waals surface area (Å²) in [7, 11) is 0. The number of hydrogen-bond donors (Lipinski definition) is 1. The van der Waals surface area contributed by atoms with E-state index in [-0.39, 0.29) is 41.1 Å². The number of fused-ring (bicyclic) bond motifs is 4. The Kier molecular flexibility index (Phi) is 4.33. The van der Waals surface area contributed by atoms with Crippen LogP contribution >= 0.6 is 22.9 Å². The van der Waals surface area contributed by atoms with E-state index in [1.807, 2.05) is 6.92 Å². The van der Waals surface area contributed by atoms with Crippen molar-refractivity contribution in [3.05, 3.63) is 21.1 Å². The summed E-state index contributed by atoms with van der Waals surface area (Å²) in [6, 6.07) is 0. The minimum Gasteiger partial charge on any atom is -0.461 e. The predicted molar refractivity (Wildman–Crippen MR) is 110 cm³/mol. The molecule has 6 atom stereocenters. The van der Waals surface area contributed by atoms with Gasteiger partial charge in [0.1, 0.15) is 11.0 Å². The summed E-state index contributed by atoms with van der Waals surface area (Å²) in [6.07, 6.45) is 3.02. The van der Waals surface area contributed by atoms with E-state index in [2.05, 4.69) is 28.8 Å². The molecule has 2 aromatic rings. The zero-order valence-corrected chi connectivity index (χ0v) is 18.5. The van der Waals surface area contributed by atoms with Crippen molar-refractivity contribution in [2.45, 2.75) is 59.0 Å². The largest absolute Gasteiger partial charge is 0.461 e. The standard InChI is InChI=1S/C20H24N4O3S2/c1-8-11-5-6-20(4)7-12-14(9(2)13(20)15(11)27-18(8)26)21-19(28-12)22-17(25)16-10(3)23-24-29-16/h8-9,11,13,15H,5-7H2,1-4H3,(H,21,22,25)/t8-,9-,11-,13+,15-,20-/m0/s1. The predicted octanol–water partition coefficient (Wildman–Crippen LogP) is 3.81. The molecule has 1 N–H and O–H groups in total. The lowest BCUT2D eigenvalue weighted by Gasteiger charge is -2.51. The van der Waals surface area contributed by atoms with Gasteiger partial charge in [-0.3, -0.25) is 14.9 Å². The monoisotopic (exact) mass is 432 g/mol. The second kappa shape index (κ2) is 6.57. The molecule has 0 unspecified atom stereocenters. The topological polar surface area (TPSA) is 94.1 Å². The van der Waals surface area contributed by atoms with Crippen molar-refractivity contribution in [2.75, 3.05) is 5.32 Å². The van der Waals surface area contributed by atoms with Gasteiger partial charge in [0.25, 0.3) is 5.91 Å². The summed E-state index contributed by atoms with van der Waals surface area (Å²) < 4.78 is 9.72. The number of carbonyl (C=O) groups excluding carboxylic acids is 2. The number of thiazole rings is 1. The van der Waals surface area contributed by atoms with Gasteiger partial charge in [-0.05, 0) is 43.1 Å². The number of aromatic nitrogens is 3. The molecular formula is C20H24N4O3S2. The van der Waals surface area contributed by atoms with Crippen molar-refractivity contribution in [1.82, 2.24) is 14.6 Å². The van der Waals surface area contributed by atoms with E-state index in [1.54, 1.807) is 18.3 Å². The van der Waals surface area contributed by atoms with Crippen molar-refractivity contribution in [3.63, 3.8) is 0 Å². The molecular weight excluding hydrogens is 408 g/mol. The summed E-state index contributed by atoms with van der Waals surface area (Å²) in [5, 5.41) is 7.46. The van der Waals surface area contributed by atoms with Crippen molar-refractivity contribution in [1.29, 1.82) is 0 Å². The summed E-state index contributed by atoms with van der Waals surface area (Å²) in [5.74, 6) is 0.481. The maximum Gasteiger partial charge on any atom is 0.309 e. The number of aryl methyl sites for hydroxylation is 1. The fourth-order valence-corrected chi connectivity index (χ4v) is 7.54. The molecule has 0 bridgehead atoms. The molecule has 9 heteroatoms. The number of carbonyl (C=O) groups is 2. The van der Waals surface area contributed by atoms with Crippen LogP contribution in [0.5, 0.6) is 0 Å². The van der Waals surface area contributed by atoms with Gasteiger partial charge in [-0.25, -0.2) is 4.98 Å². The number of rotatable bonds is 2. The van der Waals surface area contributed by atoms with Crippen molar-refractivity contribution in [3.8, 4) is 0 Å². The number of anilines is 1. The third-order valence-electron chi connectivity index (χ3n) is 7.24. The Morgan fingerprint density at radius 3 is 2.83 bits per heavy atom. The lowest BCUT2D eigenvalue weighted by molar-refractivity contribution is -0.149. The zero-order chi connectivity index (χ0) is 20.5. The molecule has 2 aliphatic carbocycles. The molecule has 3 heterocycles. The van der Waals surface area contributed by atoms with Crippen LogP contribution in [0.15, 0.2) is 0 Å². The number of amides is 1. The van der Waals surface area contributed by atoms with E-state index < -0.39 is 0 Å². The smallest absolute Gasteiger partial charge is 0.309 e. The van der Waals surface area contributed by atoms with E-state index in [9.17, 15) is 9.59 Å². The van der Waals surface area contributed by atoms with Crippen LogP contribution in [0.1, 0.15) is 65.5 Å². The number of ether oxygens (including phenoxy) is 1. The van der Waals surface area contributed by atoms with E-state index in [1.165, 1.54) is 4.88 Å². The van der Waals surface area contributed by atoms with Gasteiger partial charge >= 0.3 is 5.97 Å². The first-order valence-corrected chi connectivity index (χ1v) is 11.7. The van der Waals surface area contributed by atoms with Crippen molar-refractivity contribution in [2.24, 2.45) is 23.2 Å². The highest BCUT2D eigenvalue weighted by molar-refractivity contribution is 7.16. The normalized spacial score (nSPS) is 35.4. The molecule has 154 valence electrons. The molecule has 1 saturated carbocycles. The van der Waals surface area contributed by atoms with E-state index >= 15 is 0 Å². The Balaban J connectivity index is 1.44. The molecule has 3 aliphatic rings. The molecule has 5 rings (SSSR count). The fraction of sp³-hybridized carbons (Fsp3) is 0.650. The molecule has 1 amide bonds. The SMILES string of the molecule is Cc1nnsc1C(=O)Nc1nc2c(s1)C[C@]1(C)CC[C@@H]3[C@H](OC(=O)[C@H]3C)[C@H]1[C@@H]2C. The first kappa shape index (κ1) is 19.1. The maximum atomic E-state index is 12.6. The van der Waals surface area contributed by atoms with Crippen LogP contribution in [-0.2, 0) is 16.0 Å². The molecule has 29 heavy (non-hydrogen) atoms. The average Bonchev–Trinajstić information content (AvgIpc) is 3.33. The lowest BCUT2D eigenvalue weighted by atomic mass is 9.54. The summed E-state index contributed by atoms with van der Waals surface area (Å²) >= 11 is 2.66. The van der Waals surface area contributed by atoms with Crippen molar-refractivity contribution < 1.29 is 14.3 Å². The van der Waals surface area contributed by atoms with Gasteiger partial charge in [0.2, 0.25) is 0 Å². The second-order valence-corrected chi connectivity index (χ2v) is 10.8. The van der Waals surface area contributed by atoms with Crippen LogP contribution in [-0.4, -0.2) is 32.6 Å². The van der Waals surface area contributed by atoms with E-state index in [0.717, 1.165) is 36.5 Å². The summed E-state index contributed by atoms with van der Waals surface area (Å²) in [5.41, 5.74) is 1.76. The third kappa shape index (κ3) is 2.84. The van der Waals surface area contributed by atoms with Crippen LogP contribution in [0.3, 0.4) is 0 Å². The average molecular weight is 433 g/mol. The Labute approximate surface area is 177 Å². The van der Waals surface area contributed by atoms with Gasteiger partial charge in [0, 0.05) is 22.6 Å². The Bertz CT molecular complexity index is 1000. The number of hydrogen-bond acceptors (Lipinski definition) is 8. The van der Waals surface area contributed by atoms with Crippen LogP contribution in [0, 0.1) is 30.1 Å². The molecule has 1 aliphatic heterocycles. The van der Waals surface area contributed by atoms with Crippen LogP contribution in [0.4, 0.5) is 5.13 Å². The highest BCUT2D eigenvalue weighted by Crippen LogP contribution is 2.59. The minimum absolute atomic E-state index is 0.0142. The first-order valence-electron chi connectivity index (χ1n) is 10.1. The van der Waals surface area contributed by atoms with Crippen LogP contribution < -0.4 is 5.32 Å². The molecule has 2 fully saturated rings. The lowest BCUT2D eigenvalue weighted by Crippen LogP contribution is -2.50. The Hall–Kier alpha value is -1.87. The third-order valence-corrected chi connectivity index (χ3v) is 9.05. The van der Waals surface area contributed by atoms with E-state index in [0.29, 0.717) is 21.6 Å². The molecule has 0 aromatic carbocycles. The van der Waals surface area contributed by atoms with Gasteiger partial charge < -0.3 is 4.74 Å². The van der Waals surface area contributed by atoms with Gasteiger partial charge in [-0.1, -0.05) is 25.3 Å². The zero-order valence-electron chi connectivity index (χ0n) is 16.9. The van der Waals surface area contributed by atoms with Crippen LogP contribution in [0.2, 0.25) is 0 Å². The number of nitrogens with zero attached hydrogens (tertiary/aromatic N) is 3. The molecule has 2 aromatic heterocycles. The Morgan fingerprint density at radius 2 is 2.10 bits per heavy atom. The molecule has 0 spiro atoms. The first-order chi connectivity index (χ1) is 13.8. The highest BCUT2D eigenvalue weighted by Gasteiger charge is 2.58. The maximum absolute atomic E-state index is 12.6. The van der Waals surface area contributed by atoms with Gasteiger partial charge in [0.15, 0.2) is 5.13 Å². The fourth-order valence-electron chi connectivity index (χ4n) is 5.73. The Morgan fingerprint density at radius 1 is 1.31 bits per heavy atom. The van der Waals surface area contributed by atoms with E-state index in [4.69, 9.17) is 9.72 Å². The quantitative estimate of drug-likeness (QED) is 0.725. The number of nitrogens with one attached hydrogen (secondary N) is 1. The van der Waals surface area contributed by atoms with Gasteiger partial charge in [-0.15, -0.1) is 16.4 Å². The van der Waals surface area contributed by atoms with Gasteiger partial charge in [-0.2, -0.15) is 0 Å². The highest BCUT2D eigenvalue weighted by atomic mass is 32.1. The van der Waals surface area contributed by atoms with Crippen LogP contribution in [0.25, 0.3) is 0 Å². The molecule has 7 nitrogen and oxygen atoms in total. The second-order valence-electron chi connectivity index (χ2n) is 9.01.